The van der Waals surface area contributed by atoms with Crippen LogP contribution in [-0.4, -0.2) is 5.91 Å². The fourth-order valence-corrected chi connectivity index (χ4v) is 6.60. The highest BCUT2D eigenvalue weighted by Gasteiger charge is 2.54. The number of benzene rings is 1. The molecule has 122 valence electrons. The minimum absolute atomic E-state index is 0.0128. The van der Waals surface area contributed by atoms with Crippen molar-refractivity contribution in [3.8, 4) is 0 Å². The molecule has 5 aliphatic rings. The molecule has 4 bridgehead atoms. The standard InChI is InChI=1S/C21H27NO/c23-20(21-11-14-8-15(12-21)10-16(9-14)13-21)22-19-7-3-5-17-4-1-2-6-18(17)19/h1-2,4,6,14-16,19H,3,5,7-13H2,(H,22,23)/t14?,15?,16?,19-,21?/m0/s1. The van der Waals surface area contributed by atoms with Crippen molar-refractivity contribution in [2.45, 2.75) is 63.8 Å². The van der Waals surface area contributed by atoms with Gasteiger partial charge in [0.05, 0.1) is 6.04 Å². The van der Waals surface area contributed by atoms with Crippen molar-refractivity contribution in [2.75, 3.05) is 0 Å². The quantitative estimate of drug-likeness (QED) is 0.862. The van der Waals surface area contributed by atoms with E-state index < -0.39 is 0 Å². The van der Waals surface area contributed by atoms with Gasteiger partial charge in [0.15, 0.2) is 0 Å². The van der Waals surface area contributed by atoms with Crippen LogP contribution in [0, 0.1) is 23.2 Å². The molecule has 23 heavy (non-hydrogen) atoms. The van der Waals surface area contributed by atoms with Gasteiger partial charge in [0.2, 0.25) is 5.91 Å². The van der Waals surface area contributed by atoms with E-state index in [1.165, 1.54) is 62.5 Å². The normalized spacial score (nSPS) is 40.7. The van der Waals surface area contributed by atoms with E-state index in [9.17, 15) is 4.79 Å². The lowest BCUT2D eigenvalue weighted by Gasteiger charge is -2.56. The molecule has 0 radical (unpaired) electrons. The van der Waals surface area contributed by atoms with Crippen LogP contribution in [0.5, 0.6) is 0 Å². The number of fused-ring (bicyclic) bond motifs is 1. The highest BCUT2D eigenvalue weighted by molar-refractivity contribution is 5.83. The smallest absolute Gasteiger partial charge is 0.226 e. The van der Waals surface area contributed by atoms with E-state index in [2.05, 4.69) is 29.6 Å². The minimum Gasteiger partial charge on any atom is -0.349 e. The van der Waals surface area contributed by atoms with Crippen molar-refractivity contribution in [1.82, 2.24) is 5.32 Å². The predicted octanol–water partition coefficient (Wildman–Crippen LogP) is 4.40. The number of nitrogens with one attached hydrogen (secondary N) is 1. The topological polar surface area (TPSA) is 29.1 Å². The van der Waals surface area contributed by atoms with Gasteiger partial charge in [0.1, 0.15) is 0 Å². The Morgan fingerprint density at radius 2 is 1.65 bits per heavy atom. The van der Waals surface area contributed by atoms with Gasteiger partial charge in [-0.15, -0.1) is 0 Å². The van der Waals surface area contributed by atoms with Crippen molar-refractivity contribution in [3.63, 3.8) is 0 Å². The van der Waals surface area contributed by atoms with E-state index in [1.54, 1.807) is 0 Å². The molecule has 4 saturated carbocycles. The first-order chi connectivity index (χ1) is 11.2. The van der Waals surface area contributed by atoms with Gasteiger partial charge >= 0.3 is 0 Å². The summed E-state index contributed by atoms with van der Waals surface area (Å²) < 4.78 is 0. The SMILES string of the molecule is O=C(N[C@H]1CCCc2ccccc21)C12CC3CC(CC(C3)C1)C2. The lowest BCUT2D eigenvalue weighted by Crippen LogP contribution is -2.54. The van der Waals surface area contributed by atoms with Crippen LogP contribution in [0.15, 0.2) is 24.3 Å². The molecule has 0 saturated heterocycles. The highest BCUT2D eigenvalue weighted by Crippen LogP contribution is 2.60. The summed E-state index contributed by atoms with van der Waals surface area (Å²) >= 11 is 0. The van der Waals surface area contributed by atoms with Crippen molar-refractivity contribution in [1.29, 1.82) is 0 Å². The van der Waals surface area contributed by atoms with E-state index >= 15 is 0 Å². The third-order valence-corrected chi connectivity index (χ3v) is 7.19. The zero-order chi connectivity index (χ0) is 15.4. The first kappa shape index (κ1) is 14.1. The molecule has 5 aliphatic carbocycles. The van der Waals surface area contributed by atoms with E-state index in [0.29, 0.717) is 5.91 Å². The van der Waals surface area contributed by atoms with E-state index in [0.717, 1.165) is 24.2 Å². The first-order valence-electron chi connectivity index (χ1n) is 9.61. The largest absolute Gasteiger partial charge is 0.349 e. The van der Waals surface area contributed by atoms with Crippen LogP contribution in [0.1, 0.15) is 68.5 Å². The zero-order valence-electron chi connectivity index (χ0n) is 13.9. The molecule has 1 aromatic carbocycles. The second-order valence-electron chi connectivity index (χ2n) is 8.81. The Hall–Kier alpha value is -1.31. The molecule has 0 unspecified atom stereocenters. The van der Waals surface area contributed by atoms with Crippen LogP contribution in [0.25, 0.3) is 0 Å². The van der Waals surface area contributed by atoms with Crippen molar-refractivity contribution >= 4 is 5.91 Å². The summed E-state index contributed by atoms with van der Waals surface area (Å²) in [5, 5.41) is 3.49. The Labute approximate surface area is 139 Å². The van der Waals surface area contributed by atoms with Gasteiger partial charge < -0.3 is 5.32 Å². The Kier molecular flexibility index (Phi) is 3.11. The molecule has 2 heteroatoms. The first-order valence-corrected chi connectivity index (χ1v) is 9.61. The van der Waals surface area contributed by atoms with Crippen molar-refractivity contribution in [2.24, 2.45) is 23.2 Å². The summed E-state index contributed by atoms with van der Waals surface area (Å²) in [7, 11) is 0. The maximum absolute atomic E-state index is 13.3. The van der Waals surface area contributed by atoms with E-state index in [4.69, 9.17) is 0 Å². The monoisotopic (exact) mass is 309 g/mol. The number of rotatable bonds is 2. The van der Waals surface area contributed by atoms with Crippen molar-refractivity contribution < 1.29 is 4.79 Å². The highest BCUT2D eigenvalue weighted by atomic mass is 16.2. The van der Waals surface area contributed by atoms with Gasteiger partial charge in [0.25, 0.3) is 0 Å². The van der Waals surface area contributed by atoms with Crippen molar-refractivity contribution in [3.05, 3.63) is 35.4 Å². The number of hydrogen-bond acceptors (Lipinski definition) is 1. The molecular formula is C21H27NO. The Morgan fingerprint density at radius 3 is 2.35 bits per heavy atom. The van der Waals surface area contributed by atoms with Crippen LogP contribution >= 0.6 is 0 Å². The average Bonchev–Trinajstić information content (AvgIpc) is 2.54. The molecule has 0 heterocycles. The molecule has 2 nitrogen and oxygen atoms in total. The zero-order valence-corrected chi connectivity index (χ0v) is 13.9. The number of amides is 1. The van der Waals surface area contributed by atoms with E-state index in [1.807, 2.05) is 0 Å². The van der Waals surface area contributed by atoms with Gasteiger partial charge in [-0.05, 0) is 86.7 Å². The Bertz CT molecular complexity index is 599. The minimum atomic E-state index is -0.0128. The number of carbonyl (C=O) groups excluding carboxylic acids is 1. The summed E-state index contributed by atoms with van der Waals surface area (Å²) in [5.74, 6) is 2.90. The summed E-state index contributed by atoms with van der Waals surface area (Å²) in [6.07, 6.45) is 11.2. The molecule has 0 aliphatic heterocycles. The molecular weight excluding hydrogens is 282 g/mol. The molecule has 6 rings (SSSR count). The third-order valence-electron chi connectivity index (χ3n) is 7.19. The fraction of sp³-hybridized carbons (Fsp3) is 0.667. The maximum Gasteiger partial charge on any atom is 0.226 e. The van der Waals surface area contributed by atoms with Crippen LogP contribution in [0.4, 0.5) is 0 Å². The average molecular weight is 309 g/mol. The van der Waals surface area contributed by atoms with Gasteiger partial charge in [-0.25, -0.2) is 0 Å². The molecule has 1 amide bonds. The maximum atomic E-state index is 13.3. The molecule has 0 spiro atoms. The number of carbonyl (C=O) groups is 1. The second kappa shape index (κ2) is 5.09. The molecule has 0 aromatic heterocycles. The Balaban J connectivity index is 1.38. The summed E-state index contributed by atoms with van der Waals surface area (Å²) in [5.41, 5.74) is 2.80. The van der Waals surface area contributed by atoms with Crippen LogP contribution in [0.3, 0.4) is 0 Å². The number of aryl methyl sites for hydroxylation is 1. The second-order valence-corrected chi connectivity index (χ2v) is 8.81. The summed E-state index contributed by atoms with van der Waals surface area (Å²) in [6.45, 7) is 0. The van der Waals surface area contributed by atoms with Crippen LogP contribution in [-0.2, 0) is 11.2 Å². The fourth-order valence-electron chi connectivity index (χ4n) is 6.60. The van der Waals surface area contributed by atoms with Gasteiger partial charge in [-0.2, -0.15) is 0 Å². The molecule has 1 N–H and O–H groups in total. The molecule has 1 aromatic rings. The van der Waals surface area contributed by atoms with Gasteiger partial charge in [-0.3, -0.25) is 4.79 Å². The number of hydrogen-bond donors (Lipinski definition) is 1. The lowest BCUT2D eigenvalue weighted by molar-refractivity contribution is -0.147. The summed E-state index contributed by atoms with van der Waals surface area (Å²) in [4.78, 5) is 13.3. The third kappa shape index (κ3) is 2.25. The molecule has 4 fully saturated rings. The lowest BCUT2D eigenvalue weighted by atomic mass is 9.49. The van der Waals surface area contributed by atoms with Crippen LogP contribution in [0.2, 0.25) is 0 Å². The van der Waals surface area contributed by atoms with E-state index in [-0.39, 0.29) is 11.5 Å². The summed E-state index contributed by atoms with van der Waals surface area (Å²) in [6, 6.07) is 8.95. The predicted molar refractivity (Wildman–Crippen MR) is 90.9 cm³/mol. The molecule has 1 atom stereocenters. The Morgan fingerprint density at radius 1 is 1.00 bits per heavy atom. The van der Waals surface area contributed by atoms with Gasteiger partial charge in [-0.1, -0.05) is 24.3 Å². The van der Waals surface area contributed by atoms with Gasteiger partial charge in [0, 0.05) is 5.41 Å². The van der Waals surface area contributed by atoms with Crippen LogP contribution < -0.4 is 5.32 Å².